The van der Waals surface area contributed by atoms with Crippen molar-refractivity contribution in [1.82, 2.24) is 10.3 Å². The quantitative estimate of drug-likeness (QED) is 0.887. The van der Waals surface area contributed by atoms with Crippen molar-refractivity contribution in [3.63, 3.8) is 0 Å². The highest BCUT2D eigenvalue weighted by Crippen LogP contribution is 2.22. The zero-order valence-electron chi connectivity index (χ0n) is 11.0. The summed E-state index contributed by atoms with van der Waals surface area (Å²) in [5.41, 5.74) is 1.32. The second-order valence-electron chi connectivity index (χ2n) is 5.61. The molecule has 3 heteroatoms. The highest BCUT2D eigenvalue weighted by Gasteiger charge is 2.23. The van der Waals surface area contributed by atoms with Crippen LogP contribution in [0.3, 0.4) is 0 Å². The molecule has 1 N–H and O–H groups in total. The Balaban J connectivity index is 1.49. The standard InChI is InChI=1S/C15H23N3/c1-2-4-13(3-1)17-14-7-11-18(12-8-14)15-5-9-16-10-6-15/h5-6,9-10,13-14,17H,1-4,7-8,11-12H2. The zero-order valence-corrected chi connectivity index (χ0v) is 11.0. The Hall–Kier alpha value is -1.09. The van der Waals surface area contributed by atoms with Crippen molar-refractivity contribution in [1.29, 1.82) is 0 Å². The Morgan fingerprint density at radius 2 is 1.56 bits per heavy atom. The van der Waals surface area contributed by atoms with Gasteiger partial charge in [0, 0.05) is 43.3 Å². The molecule has 3 rings (SSSR count). The molecule has 0 atom stereocenters. The molecule has 0 unspecified atom stereocenters. The summed E-state index contributed by atoms with van der Waals surface area (Å²) in [6.07, 6.45) is 12.0. The van der Waals surface area contributed by atoms with E-state index in [0.717, 1.165) is 12.1 Å². The van der Waals surface area contributed by atoms with Gasteiger partial charge in [-0.15, -0.1) is 0 Å². The summed E-state index contributed by atoms with van der Waals surface area (Å²) in [6, 6.07) is 5.78. The number of aromatic nitrogens is 1. The van der Waals surface area contributed by atoms with Gasteiger partial charge >= 0.3 is 0 Å². The van der Waals surface area contributed by atoms with Crippen LogP contribution in [0.15, 0.2) is 24.5 Å². The molecule has 2 fully saturated rings. The van der Waals surface area contributed by atoms with E-state index in [0.29, 0.717) is 0 Å². The lowest BCUT2D eigenvalue weighted by Crippen LogP contribution is -2.45. The summed E-state index contributed by atoms with van der Waals surface area (Å²) < 4.78 is 0. The molecule has 2 heterocycles. The number of pyridine rings is 1. The minimum absolute atomic E-state index is 0.742. The molecule has 0 amide bonds. The Labute approximate surface area is 110 Å². The van der Waals surface area contributed by atoms with Crippen LogP contribution in [0, 0.1) is 0 Å². The van der Waals surface area contributed by atoms with Crippen LogP contribution < -0.4 is 10.2 Å². The van der Waals surface area contributed by atoms with E-state index in [1.807, 2.05) is 12.4 Å². The van der Waals surface area contributed by atoms with Crippen molar-refractivity contribution in [3.8, 4) is 0 Å². The number of anilines is 1. The average Bonchev–Trinajstić information content (AvgIpc) is 2.94. The van der Waals surface area contributed by atoms with Crippen LogP contribution in [0.1, 0.15) is 38.5 Å². The van der Waals surface area contributed by atoms with Crippen LogP contribution >= 0.6 is 0 Å². The minimum atomic E-state index is 0.742. The van der Waals surface area contributed by atoms with Crippen LogP contribution in [-0.4, -0.2) is 30.2 Å². The Kier molecular flexibility index (Phi) is 3.79. The molecule has 18 heavy (non-hydrogen) atoms. The van der Waals surface area contributed by atoms with Crippen molar-refractivity contribution in [2.45, 2.75) is 50.6 Å². The van der Waals surface area contributed by atoms with Gasteiger partial charge in [0.15, 0.2) is 0 Å². The number of hydrogen-bond donors (Lipinski definition) is 1. The van der Waals surface area contributed by atoms with E-state index in [1.165, 1.54) is 57.3 Å². The highest BCUT2D eigenvalue weighted by atomic mass is 15.1. The van der Waals surface area contributed by atoms with E-state index >= 15 is 0 Å². The van der Waals surface area contributed by atoms with Gasteiger partial charge in [-0.1, -0.05) is 12.8 Å². The fourth-order valence-corrected chi connectivity index (χ4v) is 3.29. The third kappa shape index (κ3) is 2.83. The number of piperidine rings is 1. The third-order valence-corrected chi connectivity index (χ3v) is 4.35. The number of nitrogens with one attached hydrogen (secondary N) is 1. The van der Waals surface area contributed by atoms with E-state index in [1.54, 1.807) is 0 Å². The molecule has 1 aliphatic heterocycles. The third-order valence-electron chi connectivity index (χ3n) is 4.35. The van der Waals surface area contributed by atoms with Gasteiger partial charge in [-0.25, -0.2) is 0 Å². The molecule has 1 saturated heterocycles. The molecular formula is C15H23N3. The Bertz CT molecular complexity index is 351. The van der Waals surface area contributed by atoms with E-state index < -0.39 is 0 Å². The van der Waals surface area contributed by atoms with Crippen LogP contribution in [-0.2, 0) is 0 Å². The molecule has 1 saturated carbocycles. The van der Waals surface area contributed by atoms with Crippen LogP contribution in [0.25, 0.3) is 0 Å². The molecule has 1 aromatic rings. The van der Waals surface area contributed by atoms with Gasteiger partial charge in [0.05, 0.1) is 0 Å². The number of nitrogens with zero attached hydrogens (tertiary/aromatic N) is 2. The van der Waals surface area contributed by atoms with Crippen molar-refractivity contribution in [3.05, 3.63) is 24.5 Å². The molecule has 0 aromatic carbocycles. The van der Waals surface area contributed by atoms with Crippen molar-refractivity contribution in [2.75, 3.05) is 18.0 Å². The first kappa shape index (κ1) is 12.0. The van der Waals surface area contributed by atoms with Crippen LogP contribution in [0.2, 0.25) is 0 Å². The first-order chi connectivity index (χ1) is 8.92. The minimum Gasteiger partial charge on any atom is -0.371 e. The SMILES string of the molecule is c1cc(N2CCC(NC3CCCC3)CC2)ccn1. The maximum absolute atomic E-state index is 4.08. The van der Waals surface area contributed by atoms with Gasteiger partial charge in [-0.2, -0.15) is 0 Å². The summed E-state index contributed by atoms with van der Waals surface area (Å²) in [6.45, 7) is 2.35. The van der Waals surface area contributed by atoms with Gasteiger partial charge < -0.3 is 10.2 Å². The summed E-state index contributed by atoms with van der Waals surface area (Å²) >= 11 is 0. The Morgan fingerprint density at radius 1 is 0.944 bits per heavy atom. The summed E-state index contributed by atoms with van der Waals surface area (Å²) in [7, 11) is 0. The van der Waals surface area contributed by atoms with E-state index in [9.17, 15) is 0 Å². The largest absolute Gasteiger partial charge is 0.371 e. The monoisotopic (exact) mass is 245 g/mol. The van der Waals surface area contributed by atoms with Gasteiger partial charge in [-0.3, -0.25) is 4.98 Å². The number of hydrogen-bond acceptors (Lipinski definition) is 3. The maximum atomic E-state index is 4.08. The number of rotatable bonds is 3. The lowest BCUT2D eigenvalue weighted by atomic mass is 10.0. The molecule has 2 aliphatic rings. The average molecular weight is 245 g/mol. The van der Waals surface area contributed by atoms with Gasteiger partial charge in [0.1, 0.15) is 0 Å². The van der Waals surface area contributed by atoms with Crippen molar-refractivity contribution < 1.29 is 0 Å². The van der Waals surface area contributed by atoms with E-state index in [-0.39, 0.29) is 0 Å². The predicted molar refractivity (Wildman–Crippen MR) is 74.9 cm³/mol. The second-order valence-corrected chi connectivity index (χ2v) is 5.61. The van der Waals surface area contributed by atoms with E-state index in [4.69, 9.17) is 0 Å². The molecule has 0 spiro atoms. The molecule has 98 valence electrons. The zero-order chi connectivity index (χ0) is 12.2. The van der Waals surface area contributed by atoms with Crippen molar-refractivity contribution >= 4 is 5.69 Å². The van der Waals surface area contributed by atoms with Gasteiger partial charge in [-0.05, 0) is 37.8 Å². The van der Waals surface area contributed by atoms with Gasteiger partial charge in [0.2, 0.25) is 0 Å². The fourth-order valence-electron chi connectivity index (χ4n) is 3.29. The molecular weight excluding hydrogens is 222 g/mol. The lowest BCUT2D eigenvalue weighted by molar-refractivity contribution is 0.367. The fraction of sp³-hybridized carbons (Fsp3) is 0.667. The second kappa shape index (κ2) is 5.70. The summed E-state index contributed by atoms with van der Waals surface area (Å²) in [5, 5.41) is 3.85. The topological polar surface area (TPSA) is 28.2 Å². The molecule has 0 radical (unpaired) electrons. The Morgan fingerprint density at radius 3 is 2.22 bits per heavy atom. The lowest BCUT2D eigenvalue weighted by Gasteiger charge is -2.35. The first-order valence-electron chi connectivity index (χ1n) is 7.33. The predicted octanol–water partition coefficient (Wildman–Crippen LogP) is 2.58. The summed E-state index contributed by atoms with van der Waals surface area (Å²) in [4.78, 5) is 6.57. The molecule has 0 bridgehead atoms. The maximum Gasteiger partial charge on any atom is 0.0397 e. The van der Waals surface area contributed by atoms with Crippen molar-refractivity contribution in [2.24, 2.45) is 0 Å². The van der Waals surface area contributed by atoms with Gasteiger partial charge in [0.25, 0.3) is 0 Å². The van der Waals surface area contributed by atoms with Crippen LogP contribution in [0.5, 0.6) is 0 Å². The van der Waals surface area contributed by atoms with Crippen LogP contribution in [0.4, 0.5) is 5.69 Å². The normalized spacial score (nSPS) is 22.6. The van der Waals surface area contributed by atoms with E-state index in [2.05, 4.69) is 27.3 Å². The first-order valence-corrected chi connectivity index (χ1v) is 7.33. The highest BCUT2D eigenvalue weighted by molar-refractivity contribution is 5.44. The smallest absolute Gasteiger partial charge is 0.0397 e. The molecule has 1 aliphatic carbocycles. The molecule has 1 aromatic heterocycles. The summed E-state index contributed by atoms with van der Waals surface area (Å²) in [5.74, 6) is 0. The molecule has 3 nitrogen and oxygen atoms in total.